The van der Waals surface area contributed by atoms with E-state index in [9.17, 15) is 14.0 Å². The van der Waals surface area contributed by atoms with E-state index >= 15 is 4.39 Å². The summed E-state index contributed by atoms with van der Waals surface area (Å²) in [5.74, 6) is -1.96. The lowest BCUT2D eigenvalue weighted by atomic mass is 9.84. The molecule has 1 amide bonds. The average molecular weight is 632 g/mol. The van der Waals surface area contributed by atoms with Crippen molar-refractivity contribution in [1.29, 1.82) is 0 Å². The van der Waals surface area contributed by atoms with Crippen LogP contribution in [0.2, 0.25) is 10.0 Å². The predicted octanol–water partition coefficient (Wildman–Crippen LogP) is 3.21. The normalized spacial score (nSPS) is 26.5. The van der Waals surface area contributed by atoms with Gasteiger partial charge in [0.2, 0.25) is 0 Å². The van der Waals surface area contributed by atoms with Crippen LogP contribution in [0.4, 0.5) is 8.78 Å². The molecule has 1 saturated heterocycles. The molecule has 1 aromatic carbocycles. The summed E-state index contributed by atoms with van der Waals surface area (Å²) in [7, 11) is 0. The van der Waals surface area contributed by atoms with Gasteiger partial charge in [-0.1, -0.05) is 29.3 Å². The van der Waals surface area contributed by atoms with Crippen LogP contribution in [0.25, 0.3) is 0 Å². The van der Waals surface area contributed by atoms with Crippen LogP contribution in [0.3, 0.4) is 0 Å². The van der Waals surface area contributed by atoms with Crippen molar-refractivity contribution < 1.29 is 28.2 Å². The molecule has 0 radical (unpaired) electrons. The van der Waals surface area contributed by atoms with Crippen LogP contribution in [0.15, 0.2) is 53.1 Å². The SMILES string of the molecule is O=C(NCc1ccc(Cl)cc1Cl)C1=CN(C2CC2F)C2C(=CC(F)=C(N3CCN(CCOCCO)CC3)C2Cl)C1=O. The molecule has 13 heteroatoms. The Labute approximate surface area is 252 Å². The largest absolute Gasteiger partial charge is 0.394 e. The van der Waals surface area contributed by atoms with Crippen LogP contribution in [-0.2, 0) is 20.9 Å². The highest BCUT2D eigenvalue weighted by Crippen LogP contribution is 2.44. The summed E-state index contributed by atoms with van der Waals surface area (Å²) in [6, 6.07) is 3.47. The van der Waals surface area contributed by atoms with Gasteiger partial charge in [-0.15, -0.1) is 11.6 Å². The molecule has 0 aromatic heterocycles. The topological polar surface area (TPSA) is 85.4 Å². The van der Waals surface area contributed by atoms with Crippen molar-refractivity contribution in [3.05, 3.63) is 68.8 Å². The molecule has 4 atom stereocenters. The maximum absolute atomic E-state index is 15.6. The smallest absolute Gasteiger partial charge is 0.257 e. The second kappa shape index (κ2) is 13.0. The van der Waals surface area contributed by atoms with E-state index in [1.165, 1.54) is 6.20 Å². The number of allylic oxidation sites excluding steroid dienone is 2. The van der Waals surface area contributed by atoms with Crippen LogP contribution in [0.1, 0.15) is 12.0 Å². The molecule has 1 aromatic rings. The molecule has 4 unspecified atom stereocenters. The quantitative estimate of drug-likeness (QED) is 0.233. The first-order valence-electron chi connectivity index (χ1n) is 13.5. The number of amides is 1. The number of benzene rings is 1. The number of nitrogens with zero attached hydrogens (tertiary/aromatic N) is 3. The lowest BCUT2D eigenvalue weighted by Gasteiger charge is -2.45. The summed E-state index contributed by atoms with van der Waals surface area (Å²) in [5.41, 5.74) is 0.684. The first-order chi connectivity index (χ1) is 19.7. The molecule has 2 aliphatic heterocycles. The van der Waals surface area contributed by atoms with Gasteiger partial charge in [-0.25, -0.2) is 8.78 Å². The van der Waals surface area contributed by atoms with Crippen LogP contribution in [0.5, 0.6) is 0 Å². The number of ether oxygens (including phenoxy) is 1. The second-order valence-corrected chi connectivity index (χ2v) is 11.7. The Hall–Kier alpha value is -2.21. The van der Waals surface area contributed by atoms with E-state index in [0.29, 0.717) is 54.9 Å². The van der Waals surface area contributed by atoms with Crippen LogP contribution < -0.4 is 5.32 Å². The Balaban J connectivity index is 1.33. The van der Waals surface area contributed by atoms with Gasteiger partial charge < -0.3 is 25.0 Å². The van der Waals surface area contributed by atoms with Crippen molar-refractivity contribution in [3.63, 3.8) is 0 Å². The number of carbonyl (C=O) groups is 2. The lowest BCUT2D eigenvalue weighted by molar-refractivity contribution is -0.122. The molecule has 41 heavy (non-hydrogen) atoms. The predicted molar refractivity (Wildman–Crippen MR) is 152 cm³/mol. The van der Waals surface area contributed by atoms with Crippen molar-refractivity contribution in [2.75, 3.05) is 52.5 Å². The number of ketones is 1. The molecule has 5 rings (SSSR count). The molecule has 2 fully saturated rings. The fourth-order valence-electron chi connectivity index (χ4n) is 5.45. The number of alkyl halides is 2. The zero-order valence-corrected chi connectivity index (χ0v) is 24.4. The minimum atomic E-state index is -1.14. The monoisotopic (exact) mass is 630 g/mol. The summed E-state index contributed by atoms with van der Waals surface area (Å²) in [6.07, 6.45) is 1.60. The summed E-state index contributed by atoms with van der Waals surface area (Å²) in [6.45, 7) is 3.81. The molecule has 2 heterocycles. The van der Waals surface area contributed by atoms with E-state index in [1.807, 2.05) is 4.90 Å². The van der Waals surface area contributed by atoms with Crippen LogP contribution >= 0.6 is 34.8 Å². The van der Waals surface area contributed by atoms with Gasteiger partial charge in [0, 0.05) is 67.5 Å². The Morgan fingerprint density at radius 2 is 1.90 bits per heavy atom. The summed E-state index contributed by atoms with van der Waals surface area (Å²) < 4.78 is 35.3. The molecular formula is C28H31Cl3F2N4O4. The zero-order chi connectivity index (χ0) is 29.3. The number of nitrogens with one attached hydrogen (secondary N) is 1. The van der Waals surface area contributed by atoms with Crippen LogP contribution in [0, 0.1) is 0 Å². The standard InChI is InChI=1S/C28H31Cl3F2N4O4/c29-17-2-1-16(20(30)11-17)14-34-28(40)19-15-37(23-13-21(23)32)25-18(27(19)39)12-22(33)26(24(25)31)36-5-3-35(4-6-36)7-9-41-10-8-38/h1-2,11-12,15,21,23-25,38H,3-10,13-14H2,(H,34,40). The number of Topliss-reactive ketones (excluding diaryl/α,β-unsaturated/α-hetero) is 1. The van der Waals surface area contributed by atoms with Crippen molar-refractivity contribution in [1.82, 2.24) is 20.0 Å². The van der Waals surface area contributed by atoms with Crippen molar-refractivity contribution in [2.45, 2.75) is 36.6 Å². The van der Waals surface area contributed by atoms with Gasteiger partial charge >= 0.3 is 0 Å². The zero-order valence-electron chi connectivity index (χ0n) is 22.2. The van der Waals surface area contributed by atoms with Crippen LogP contribution in [-0.4, -0.2) is 108 Å². The Morgan fingerprint density at radius 1 is 1.17 bits per heavy atom. The fraction of sp³-hybridized carbons (Fsp3) is 0.500. The molecule has 2 N–H and O–H groups in total. The molecule has 222 valence electrons. The maximum atomic E-state index is 15.6. The van der Waals surface area contributed by atoms with Gasteiger partial charge in [0.1, 0.15) is 22.9 Å². The Morgan fingerprint density at radius 3 is 2.56 bits per heavy atom. The van der Waals surface area contributed by atoms with E-state index < -0.39 is 41.1 Å². The van der Waals surface area contributed by atoms with Gasteiger partial charge in [-0.3, -0.25) is 14.5 Å². The molecular weight excluding hydrogens is 601 g/mol. The summed E-state index contributed by atoms with van der Waals surface area (Å²) in [5, 5.41) is 11.4. The van der Waals surface area contributed by atoms with Gasteiger partial charge in [-0.2, -0.15) is 0 Å². The minimum absolute atomic E-state index is 0.0296. The highest BCUT2D eigenvalue weighted by atomic mass is 35.5. The van der Waals surface area contributed by atoms with Gasteiger partial charge in [0.05, 0.1) is 37.6 Å². The third kappa shape index (κ3) is 6.58. The molecule has 0 bridgehead atoms. The van der Waals surface area contributed by atoms with Gasteiger partial charge in [0.15, 0.2) is 5.78 Å². The number of fused-ring (bicyclic) bond motifs is 1. The molecule has 1 saturated carbocycles. The molecule has 0 spiro atoms. The fourth-order valence-corrected chi connectivity index (χ4v) is 6.43. The number of hydrogen-bond acceptors (Lipinski definition) is 7. The molecule has 4 aliphatic rings. The number of hydrogen-bond donors (Lipinski definition) is 2. The lowest BCUT2D eigenvalue weighted by Crippen LogP contribution is -2.54. The van der Waals surface area contributed by atoms with Gasteiger partial charge in [-0.05, 0) is 23.8 Å². The van der Waals surface area contributed by atoms with Crippen molar-refractivity contribution >= 4 is 46.5 Å². The third-order valence-electron chi connectivity index (χ3n) is 7.75. The van der Waals surface area contributed by atoms with E-state index in [-0.39, 0.29) is 43.0 Å². The number of carbonyl (C=O) groups excluding carboxylic acids is 2. The molecule has 8 nitrogen and oxygen atoms in total. The first kappa shape index (κ1) is 30.3. The highest BCUT2D eigenvalue weighted by molar-refractivity contribution is 6.35. The van der Waals surface area contributed by atoms with Crippen molar-refractivity contribution in [3.8, 4) is 0 Å². The van der Waals surface area contributed by atoms with E-state index in [1.54, 1.807) is 23.1 Å². The summed E-state index contributed by atoms with van der Waals surface area (Å²) in [4.78, 5) is 32.3. The summed E-state index contributed by atoms with van der Waals surface area (Å²) >= 11 is 19.0. The number of rotatable bonds is 10. The molecule has 2 aliphatic carbocycles. The third-order valence-corrected chi connectivity index (χ3v) is 8.79. The Kier molecular flexibility index (Phi) is 9.57. The highest BCUT2D eigenvalue weighted by Gasteiger charge is 2.52. The number of piperazine rings is 1. The van der Waals surface area contributed by atoms with Crippen molar-refractivity contribution in [2.24, 2.45) is 0 Å². The van der Waals surface area contributed by atoms with E-state index in [0.717, 1.165) is 6.08 Å². The maximum Gasteiger partial charge on any atom is 0.257 e. The number of aliphatic hydroxyl groups excluding tert-OH is 1. The first-order valence-corrected chi connectivity index (χ1v) is 14.7. The Bertz CT molecular complexity index is 1280. The number of aliphatic hydroxyl groups is 1. The average Bonchev–Trinajstić information content (AvgIpc) is 3.68. The number of halogens is 5. The minimum Gasteiger partial charge on any atom is -0.394 e. The second-order valence-electron chi connectivity index (χ2n) is 10.4. The van der Waals surface area contributed by atoms with E-state index in [2.05, 4.69) is 10.2 Å². The van der Waals surface area contributed by atoms with E-state index in [4.69, 9.17) is 44.6 Å². The van der Waals surface area contributed by atoms with Gasteiger partial charge in [0.25, 0.3) is 5.91 Å².